The van der Waals surface area contributed by atoms with E-state index in [1.807, 2.05) is 0 Å². The highest BCUT2D eigenvalue weighted by Crippen LogP contribution is 2.33. The van der Waals surface area contributed by atoms with Crippen molar-refractivity contribution in [2.45, 2.75) is 39.1 Å². The minimum Gasteiger partial charge on any atom is -0.508 e. The number of nitrogens with zero attached hydrogens (tertiary/aromatic N) is 3. The van der Waals surface area contributed by atoms with Gasteiger partial charge in [-0.1, -0.05) is 0 Å². The first-order chi connectivity index (χ1) is 13.0. The van der Waals surface area contributed by atoms with E-state index in [4.69, 9.17) is 0 Å². The number of phenols is 1. The van der Waals surface area contributed by atoms with Crippen LogP contribution in [-0.2, 0) is 0 Å². The lowest BCUT2D eigenvalue weighted by molar-refractivity contribution is 0.0626. The van der Waals surface area contributed by atoms with Gasteiger partial charge in [-0.3, -0.25) is 0 Å². The van der Waals surface area contributed by atoms with Gasteiger partial charge in [0.05, 0.1) is 25.3 Å². The Morgan fingerprint density at radius 1 is 0.821 bits per heavy atom. The molecule has 3 unspecified atom stereocenters. The molecule has 3 atom stereocenters. The predicted octanol–water partition coefficient (Wildman–Crippen LogP) is 0.820. The number of carbonyl (C=O) groups is 3. The van der Waals surface area contributed by atoms with Crippen molar-refractivity contribution in [3.8, 4) is 5.75 Å². The lowest BCUT2D eigenvalue weighted by Gasteiger charge is -2.44. The van der Waals surface area contributed by atoms with Crippen molar-refractivity contribution in [3.05, 3.63) is 24.3 Å². The third kappa shape index (κ3) is 3.99. The summed E-state index contributed by atoms with van der Waals surface area (Å²) in [6, 6.07) is 2.47. The highest BCUT2D eigenvalue weighted by molar-refractivity contribution is 6.20. The Balaban J connectivity index is 2.70. The number of imide groups is 3. The Hall–Kier alpha value is -2.53. The fraction of sp³-hybridized carbons (Fsp3) is 0.500. The molecule has 1 heterocycles. The van der Waals surface area contributed by atoms with Crippen LogP contribution in [0.15, 0.2) is 24.3 Å². The van der Waals surface area contributed by atoms with Crippen molar-refractivity contribution in [2.75, 3.05) is 19.6 Å². The van der Waals surface area contributed by atoms with Gasteiger partial charge < -0.3 is 20.4 Å². The van der Waals surface area contributed by atoms with Crippen LogP contribution in [-0.4, -0.2) is 86.3 Å². The lowest BCUT2D eigenvalue weighted by atomic mass is 10.1. The molecule has 4 N–H and O–H groups in total. The van der Waals surface area contributed by atoms with Gasteiger partial charge in [0.2, 0.25) is 0 Å². The predicted molar refractivity (Wildman–Crippen MR) is 99.4 cm³/mol. The van der Waals surface area contributed by atoms with E-state index in [1.165, 1.54) is 45.0 Å². The number of rotatable bonds is 7. The summed E-state index contributed by atoms with van der Waals surface area (Å²) in [5.74, 6) is -0.0893. The molecule has 1 aromatic rings. The van der Waals surface area contributed by atoms with Crippen molar-refractivity contribution >= 4 is 23.8 Å². The summed E-state index contributed by atoms with van der Waals surface area (Å²) in [5, 5.41) is 39.1. The SMILES string of the molecule is CC(O)CN1C(=O)N(CC(C)O)C(=O)[N+](CC(C)O)(c2ccc(O)cc2)C1=O. The number of aromatic hydroxyl groups is 1. The van der Waals surface area contributed by atoms with Crippen LogP contribution in [0, 0.1) is 0 Å². The number of hydrogen-bond donors (Lipinski definition) is 4. The maximum Gasteiger partial charge on any atom is 0.441 e. The second kappa shape index (κ2) is 8.23. The largest absolute Gasteiger partial charge is 0.508 e. The van der Waals surface area contributed by atoms with Gasteiger partial charge >= 0.3 is 18.1 Å². The molecule has 1 aliphatic rings. The average Bonchev–Trinajstić information content (AvgIpc) is 2.59. The summed E-state index contributed by atoms with van der Waals surface area (Å²) in [6.07, 6.45) is -3.21. The molecule has 28 heavy (non-hydrogen) atoms. The number of aliphatic hydroxyl groups excluding tert-OH is 3. The molecule has 0 aromatic heterocycles. The molecule has 10 heteroatoms. The molecule has 154 valence electrons. The van der Waals surface area contributed by atoms with Crippen molar-refractivity contribution in [2.24, 2.45) is 0 Å². The van der Waals surface area contributed by atoms with Crippen molar-refractivity contribution in [1.82, 2.24) is 14.3 Å². The molecular formula is C18H26N3O7+. The monoisotopic (exact) mass is 396 g/mol. The molecule has 2 rings (SSSR count). The molecule has 0 saturated carbocycles. The first kappa shape index (κ1) is 21.8. The smallest absolute Gasteiger partial charge is 0.441 e. The van der Waals surface area contributed by atoms with Crippen LogP contribution in [0.4, 0.5) is 20.1 Å². The molecule has 0 bridgehead atoms. The summed E-state index contributed by atoms with van der Waals surface area (Å²) in [7, 11) is 0. The summed E-state index contributed by atoms with van der Waals surface area (Å²) in [6.45, 7) is 3.08. The summed E-state index contributed by atoms with van der Waals surface area (Å²) < 4.78 is -1.05. The van der Waals surface area contributed by atoms with Gasteiger partial charge in [-0.25, -0.2) is 24.2 Å². The lowest BCUT2D eigenvalue weighted by Crippen LogP contribution is -2.76. The molecule has 1 fully saturated rings. The Kier molecular flexibility index (Phi) is 6.40. The van der Waals surface area contributed by atoms with E-state index in [1.54, 1.807) is 0 Å². The van der Waals surface area contributed by atoms with Gasteiger partial charge in [0.1, 0.15) is 18.4 Å². The van der Waals surface area contributed by atoms with Crippen LogP contribution in [0.2, 0.25) is 0 Å². The van der Waals surface area contributed by atoms with Gasteiger partial charge in [-0.15, -0.1) is 4.48 Å². The van der Waals surface area contributed by atoms with Gasteiger partial charge in [0.15, 0.2) is 5.69 Å². The molecule has 0 radical (unpaired) electrons. The van der Waals surface area contributed by atoms with Crippen molar-refractivity contribution in [3.63, 3.8) is 0 Å². The minimum atomic E-state index is -1.10. The van der Waals surface area contributed by atoms with E-state index < -0.39 is 40.9 Å². The molecule has 1 aromatic carbocycles. The van der Waals surface area contributed by atoms with E-state index >= 15 is 0 Å². The normalized spacial score (nSPS) is 23.7. The fourth-order valence-corrected chi connectivity index (χ4v) is 3.23. The Morgan fingerprint density at radius 2 is 1.25 bits per heavy atom. The van der Waals surface area contributed by atoms with E-state index in [0.29, 0.717) is 0 Å². The summed E-state index contributed by atoms with van der Waals surface area (Å²) >= 11 is 0. The summed E-state index contributed by atoms with van der Waals surface area (Å²) in [5.41, 5.74) is 0.132. The molecule has 0 spiro atoms. The van der Waals surface area contributed by atoms with Crippen molar-refractivity contribution < 1.29 is 34.8 Å². The molecule has 1 saturated heterocycles. The number of aliphatic hydroxyl groups is 3. The van der Waals surface area contributed by atoms with Gasteiger partial charge in [0, 0.05) is 12.1 Å². The second-order valence-corrected chi connectivity index (χ2v) is 7.12. The fourth-order valence-electron chi connectivity index (χ4n) is 3.23. The number of benzene rings is 1. The molecule has 10 nitrogen and oxygen atoms in total. The topological polar surface area (TPSA) is 139 Å². The van der Waals surface area contributed by atoms with E-state index in [2.05, 4.69) is 0 Å². The third-order valence-corrected chi connectivity index (χ3v) is 4.30. The second-order valence-electron chi connectivity index (χ2n) is 7.12. The minimum absolute atomic E-state index is 0.0893. The van der Waals surface area contributed by atoms with Crippen LogP contribution in [0.1, 0.15) is 20.8 Å². The molecule has 0 aliphatic carbocycles. The Labute approximate surface area is 162 Å². The highest BCUT2D eigenvalue weighted by Gasteiger charge is 2.60. The van der Waals surface area contributed by atoms with Crippen molar-refractivity contribution in [1.29, 1.82) is 0 Å². The maximum absolute atomic E-state index is 13.3. The number of carbonyl (C=O) groups excluding carboxylic acids is 3. The number of amides is 6. The average molecular weight is 396 g/mol. The van der Waals surface area contributed by atoms with Gasteiger partial charge in [-0.05, 0) is 32.9 Å². The van der Waals surface area contributed by atoms with E-state index in [0.717, 1.165) is 9.80 Å². The van der Waals surface area contributed by atoms with Crippen LogP contribution in [0.5, 0.6) is 5.75 Å². The number of phenolic OH excluding ortho intramolecular Hbond substituents is 1. The zero-order valence-corrected chi connectivity index (χ0v) is 16.0. The number of hydrogen-bond acceptors (Lipinski definition) is 7. The van der Waals surface area contributed by atoms with Crippen LogP contribution < -0.4 is 4.48 Å². The van der Waals surface area contributed by atoms with Gasteiger partial charge in [-0.2, -0.15) is 0 Å². The van der Waals surface area contributed by atoms with Crippen LogP contribution in [0.3, 0.4) is 0 Å². The number of quaternary nitrogens is 1. The number of β-amino-alcohol motifs (C(OH)–C–C–N with tert-alkyl or cyclic N) is 2. The number of urea groups is 3. The van der Waals surface area contributed by atoms with Gasteiger partial charge in [0.25, 0.3) is 0 Å². The quantitative estimate of drug-likeness (QED) is 0.501. The standard InChI is InChI=1S/C18H25N3O7/c1-11(22)8-19-16(26)20(9-12(2)23)18(28)21(17(19)27,10-13(3)24)14-4-6-15(25)7-5-14/h4-7,11-13,22-24H,8-10H2,1-3H3/p+1. The zero-order valence-electron chi connectivity index (χ0n) is 16.0. The summed E-state index contributed by atoms with van der Waals surface area (Å²) in [4.78, 5) is 40.9. The zero-order chi connectivity index (χ0) is 21.2. The Bertz CT molecular complexity index is 714. The van der Waals surface area contributed by atoms with Crippen LogP contribution in [0.25, 0.3) is 0 Å². The van der Waals surface area contributed by atoms with E-state index in [9.17, 15) is 34.8 Å². The highest BCUT2D eigenvalue weighted by atomic mass is 16.3. The molecule has 1 aliphatic heterocycles. The first-order valence-electron chi connectivity index (χ1n) is 8.90. The first-order valence-corrected chi connectivity index (χ1v) is 8.90. The maximum atomic E-state index is 13.3. The van der Waals surface area contributed by atoms with E-state index in [-0.39, 0.29) is 31.1 Å². The molecular weight excluding hydrogens is 370 g/mol. The third-order valence-electron chi connectivity index (χ3n) is 4.30. The Morgan fingerprint density at radius 3 is 1.61 bits per heavy atom. The molecule has 6 amide bonds. The van der Waals surface area contributed by atoms with Crippen LogP contribution >= 0.6 is 0 Å².